The molecule has 3 nitrogen and oxygen atoms in total. The zero-order chi connectivity index (χ0) is 15.2. The Morgan fingerprint density at radius 2 is 1.71 bits per heavy atom. The van der Waals surface area contributed by atoms with Gasteiger partial charge >= 0.3 is 0 Å². The molecule has 0 heterocycles. The van der Waals surface area contributed by atoms with Crippen LogP contribution in [-0.2, 0) is 4.79 Å². The smallest absolute Gasteiger partial charge is 0.265 e. The fourth-order valence-corrected chi connectivity index (χ4v) is 2.19. The van der Waals surface area contributed by atoms with Gasteiger partial charge in [0.15, 0.2) is 6.61 Å². The minimum absolute atomic E-state index is 0.00525. The summed E-state index contributed by atoms with van der Waals surface area (Å²) in [6.45, 7) is 3.95. The van der Waals surface area contributed by atoms with Crippen LogP contribution in [0.4, 0.5) is 5.69 Å². The Morgan fingerprint density at radius 3 is 2.29 bits per heavy atom. The van der Waals surface area contributed by atoms with Crippen LogP contribution in [0.3, 0.4) is 0 Å². The molecule has 0 atom stereocenters. The number of halogens is 1. The Labute approximate surface area is 130 Å². The number of nitrogens with zero attached hydrogens (tertiary/aromatic N) is 1. The first-order valence-electron chi connectivity index (χ1n) is 6.83. The van der Waals surface area contributed by atoms with Crippen molar-refractivity contribution in [3.8, 4) is 5.75 Å². The SMILES string of the molecule is CC(C)N(C(=O)COc1ccc(Cl)cc1)c1ccccc1. The molecule has 0 bridgehead atoms. The van der Waals surface area contributed by atoms with Gasteiger partial charge in [-0.2, -0.15) is 0 Å². The van der Waals surface area contributed by atoms with Crippen molar-refractivity contribution in [2.24, 2.45) is 0 Å². The van der Waals surface area contributed by atoms with E-state index in [4.69, 9.17) is 16.3 Å². The third kappa shape index (κ3) is 4.23. The van der Waals surface area contributed by atoms with E-state index in [2.05, 4.69) is 0 Å². The molecule has 21 heavy (non-hydrogen) atoms. The van der Waals surface area contributed by atoms with Crippen LogP contribution >= 0.6 is 11.6 Å². The molecule has 0 aliphatic rings. The molecule has 0 radical (unpaired) electrons. The minimum Gasteiger partial charge on any atom is -0.484 e. The minimum atomic E-state index is -0.0776. The maximum Gasteiger partial charge on any atom is 0.265 e. The van der Waals surface area contributed by atoms with Crippen molar-refractivity contribution in [3.05, 3.63) is 59.6 Å². The summed E-state index contributed by atoms with van der Waals surface area (Å²) in [5.41, 5.74) is 0.872. The second kappa shape index (κ2) is 7.14. The number of hydrogen-bond donors (Lipinski definition) is 0. The van der Waals surface area contributed by atoms with Crippen molar-refractivity contribution in [1.29, 1.82) is 0 Å². The summed E-state index contributed by atoms with van der Waals surface area (Å²) in [7, 11) is 0. The third-order valence-electron chi connectivity index (χ3n) is 3.00. The highest BCUT2D eigenvalue weighted by atomic mass is 35.5. The number of rotatable bonds is 5. The van der Waals surface area contributed by atoms with Gasteiger partial charge in [0.25, 0.3) is 5.91 Å². The van der Waals surface area contributed by atoms with Crippen molar-refractivity contribution in [1.82, 2.24) is 0 Å². The van der Waals surface area contributed by atoms with Crippen LogP contribution in [0.5, 0.6) is 5.75 Å². The van der Waals surface area contributed by atoms with Gasteiger partial charge in [0.05, 0.1) is 0 Å². The monoisotopic (exact) mass is 303 g/mol. The van der Waals surface area contributed by atoms with Crippen LogP contribution in [0.1, 0.15) is 13.8 Å². The molecule has 0 saturated heterocycles. The van der Waals surface area contributed by atoms with Crippen molar-refractivity contribution in [2.75, 3.05) is 11.5 Å². The molecule has 0 N–H and O–H groups in total. The average Bonchev–Trinajstić information content (AvgIpc) is 2.47. The quantitative estimate of drug-likeness (QED) is 0.830. The van der Waals surface area contributed by atoms with E-state index in [1.54, 1.807) is 29.2 Å². The zero-order valence-corrected chi connectivity index (χ0v) is 12.9. The van der Waals surface area contributed by atoms with Crippen LogP contribution in [0.25, 0.3) is 0 Å². The number of hydrogen-bond acceptors (Lipinski definition) is 2. The van der Waals surface area contributed by atoms with E-state index in [9.17, 15) is 4.79 Å². The molecule has 2 rings (SSSR count). The van der Waals surface area contributed by atoms with Crippen LogP contribution < -0.4 is 9.64 Å². The summed E-state index contributed by atoms with van der Waals surface area (Å²) in [4.78, 5) is 14.1. The van der Waals surface area contributed by atoms with E-state index in [1.807, 2.05) is 44.2 Å². The molecule has 0 saturated carbocycles. The molecular weight excluding hydrogens is 286 g/mol. The first-order chi connectivity index (χ1) is 10.1. The van der Waals surface area contributed by atoms with Gasteiger partial charge in [0.1, 0.15) is 5.75 Å². The predicted octanol–water partition coefficient (Wildman–Crippen LogP) is 4.16. The Balaban J connectivity index is 2.04. The fourth-order valence-electron chi connectivity index (χ4n) is 2.06. The molecule has 4 heteroatoms. The van der Waals surface area contributed by atoms with E-state index in [0.717, 1.165) is 5.69 Å². The molecule has 2 aromatic rings. The molecule has 0 aliphatic heterocycles. The lowest BCUT2D eigenvalue weighted by atomic mass is 10.2. The van der Waals surface area contributed by atoms with Gasteiger partial charge in [0.2, 0.25) is 0 Å². The van der Waals surface area contributed by atoms with E-state index < -0.39 is 0 Å². The Hall–Kier alpha value is -2.00. The van der Waals surface area contributed by atoms with E-state index >= 15 is 0 Å². The van der Waals surface area contributed by atoms with Gasteiger partial charge in [0, 0.05) is 16.8 Å². The normalized spacial score (nSPS) is 10.5. The van der Waals surface area contributed by atoms with Gasteiger partial charge in [-0.05, 0) is 50.2 Å². The third-order valence-corrected chi connectivity index (χ3v) is 3.25. The second-order valence-corrected chi connectivity index (χ2v) is 5.37. The number of anilines is 1. The topological polar surface area (TPSA) is 29.5 Å². The Kier molecular flexibility index (Phi) is 5.23. The lowest BCUT2D eigenvalue weighted by Gasteiger charge is -2.26. The lowest BCUT2D eigenvalue weighted by molar-refractivity contribution is -0.120. The molecular formula is C17H18ClNO2. The molecule has 0 aromatic heterocycles. The number of carbonyl (C=O) groups is 1. The van der Waals surface area contributed by atoms with Crippen molar-refractivity contribution < 1.29 is 9.53 Å². The van der Waals surface area contributed by atoms with Crippen molar-refractivity contribution >= 4 is 23.2 Å². The maximum absolute atomic E-state index is 12.4. The molecule has 0 fully saturated rings. The van der Waals surface area contributed by atoms with Crippen LogP contribution in [0, 0.1) is 0 Å². The number of para-hydroxylation sites is 1. The van der Waals surface area contributed by atoms with Crippen LogP contribution in [0.15, 0.2) is 54.6 Å². The van der Waals surface area contributed by atoms with E-state index in [0.29, 0.717) is 10.8 Å². The van der Waals surface area contributed by atoms with Gasteiger partial charge in [-0.3, -0.25) is 4.79 Å². The molecule has 110 valence electrons. The maximum atomic E-state index is 12.4. The highest BCUT2D eigenvalue weighted by Crippen LogP contribution is 2.18. The van der Waals surface area contributed by atoms with Crippen LogP contribution in [0.2, 0.25) is 5.02 Å². The second-order valence-electron chi connectivity index (χ2n) is 4.94. The van der Waals surface area contributed by atoms with Gasteiger partial charge < -0.3 is 9.64 Å². The Bertz CT molecular complexity index is 581. The standard InChI is InChI=1S/C17H18ClNO2/c1-13(2)19(15-6-4-3-5-7-15)17(20)12-21-16-10-8-14(18)9-11-16/h3-11,13H,12H2,1-2H3. The number of ether oxygens (including phenoxy) is 1. The largest absolute Gasteiger partial charge is 0.484 e. The van der Waals surface area contributed by atoms with Gasteiger partial charge in [-0.25, -0.2) is 0 Å². The summed E-state index contributed by atoms with van der Waals surface area (Å²) in [5.74, 6) is 0.552. The summed E-state index contributed by atoms with van der Waals surface area (Å²) >= 11 is 5.82. The Morgan fingerprint density at radius 1 is 1.10 bits per heavy atom. The fraction of sp³-hybridized carbons (Fsp3) is 0.235. The molecule has 2 aromatic carbocycles. The van der Waals surface area contributed by atoms with Crippen LogP contribution in [-0.4, -0.2) is 18.6 Å². The number of benzene rings is 2. The predicted molar refractivity (Wildman–Crippen MR) is 86.0 cm³/mol. The number of carbonyl (C=O) groups excluding carboxylic acids is 1. The summed E-state index contributed by atoms with van der Waals surface area (Å²) in [6, 6.07) is 16.6. The average molecular weight is 304 g/mol. The molecule has 0 spiro atoms. The highest BCUT2D eigenvalue weighted by molar-refractivity contribution is 6.30. The molecule has 1 amide bonds. The highest BCUT2D eigenvalue weighted by Gasteiger charge is 2.19. The number of amides is 1. The van der Waals surface area contributed by atoms with Gasteiger partial charge in [-0.15, -0.1) is 0 Å². The van der Waals surface area contributed by atoms with Gasteiger partial charge in [-0.1, -0.05) is 29.8 Å². The van der Waals surface area contributed by atoms with Crippen molar-refractivity contribution in [3.63, 3.8) is 0 Å². The zero-order valence-electron chi connectivity index (χ0n) is 12.1. The molecule has 0 unspecified atom stereocenters. The summed E-state index contributed by atoms with van der Waals surface area (Å²) < 4.78 is 5.53. The molecule has 0 aliphatic carbocycles. The first-order valence-corrected chi connectivity index (χ1v) is 7.21. The first kappa shape index (κ1) is 15.4. The lowest BCUT2D eigenvalue weighted by Crippen LogP contribution is -2.40. The van der Waals surface area contributed by atoms with E-state index in [-0.39, 0.29) is 18.6 Å². The summed E-state index contributed by atoms with van der Waals surface area (Å²) in [5, 5.41) is 0.641. The summed E-state index contributed by atoms with van der Waals surface area (Å²) in [6.07, 6.45) is 0. The van der Waals surface area contributed by atoms with Crippen molar-refractivity contribution in [2.45, 2.75) is 19.9 Å². The van der Waals surface area contributed by atoms with E-state index in [1.165, 1.54) is 0 Å².